The second kappa shape index (κ2) is 3.37. The van der Waals surface area contributed by atoms with Gasteiger partial charge in [-0.3, -0.25) is 0 Å². The van der Waals surface area contributed by atoms with Gasteiger partial charge in [0.25, 0.3) is 0 Å². The Kier molecular flexibility index (Phi) is 2.26. The molecule has 0 aliphatic heterocycles. The lowest BCUT2D eigenvalue weighted by Crippen LogP contribution is -2.07. The monoisotopic (exact) mass is 227 g/mol. The molecule has 0 saturated heterocycles. The lowest BCUT2D eigenvalue weighted by molar-refractivity contribution is -0.141. The summed E-state index contributed by atoms with van der Waals surface area (Å²) >= 11 is 0. The van der Waals surface area contributed by atoms with Gasteiger partial charge in [0, 0.05) is 11.5 Å². The molecule has 0 saturated carbocycles. The number of aryl methyl sites for hydroxylation is 1. The van der Waals surface area contributed by atoms with Crippen molar-refractivity contribution in [1.82, 2.24) is 4.98 Å². The summed E-state index contributed by atoms with van der Waals surface area (Å²) in [5, 5.41) is 9.78. The Morgan fingerprint density at radius 1 is 1.19 bits per heavy atom. The molecule has 1 heterocycles. The number of fused-ring (bicyclic) bond motifs is 1. The van der Waals surface area contributed by atoms with Crippen LogP contribution in [0.25, 0.3) is 10.9 Å². The molecule has 2 rings (SSSR count). The predicted octanol–water partition coefficient (Wildman–Crippen LogP) is 3.27. The van der Waals surface area contributed by atoms with Crippen LogP contribution in [0.2, 0.25) is 0 Å². The van der Waals surface area contributed by atoms with Crippen molar-refractivity contribution in [3.63, 3.8) is 0 Å². The zero-order chi connectivity index (χ0) is 11.9. The van der Waals surface area contributed by atoms with E-state index in [1.165, 1.54) is 6.07 Å². The lowest BCUT2D eigenvalue weighted by Gasteiger charge is -2.08. The second-order valence-corrected chi connectivity index (χ2v) is 3.54. The Bertz CT molecular complexity index is 549. The van der Waals surface area contributed by atoms with Gasteiger partial charge in [0.15, 0.2) is 0 Å². The number of rotatable bonds is 0. The summed E-state index contributed by atoms with van der Waals surface area (Å²) in [5.74, 6) is -0.405. The number of halogens is 3. The van der Waals surface area contributed by atoms with E-state index in [0.717, 1.165) is 5.56 Å². The van der Waals surface area contributed by atoms with E-state index in [1.807, 2.05) is 0 Å². The maximum atomic E-state index is 12.4. The number of nitrogens with zero attached hydrogens (tertiary/aromatic N) is 1. The van der Waals surface area contributed by atoms with E-state index in [-0.39, 0.29) is 5.52 Å². The summed E-state index contributed by atoms with van der Waals surface area (Å²) in [6, 6.07) is 5.39. The molecular formula is C11H8F3NO. The maximum absolute atomic E-state index is 12.4. The van der Waals surface area contributed by atoms with Crippen LogP contribution in [0.1, 0.15) is 11.3 Å². The van der Waals surface area contributed by atoms with Gasteiger partial charge in [-0.15, -0.1) is 0 Å². The van der Waals surface area contributed by atoms with E-state index < -0.39 is 17.6 Å². The van der Waals surface area contributed by atoms with E-state index in [0.29, 0.717) is 11.5 Å². The third kappa shape index (κ3) is 1.80. The molecule has 1 aromatic carbocycles. The number of benzene rings is 1. The Hall–Kier alpha value is -1.78. The van der Waals surface area contributed by atoms with Gasteiger partial charge >= 0.3 is 6.18 Å². The van der Waals surface area contributed by atoms with Gasteiger partial charge in [-0.05, 0) is 24.6 Å². The van der Waals surface area contributed by atoms with Crippen molar-refractivity contribution in [3.05, 3.63) is 35.5 Å². The Labute approximate surface area is 89.4 Å². The van der Waals surface area contributed by atoms with E-state index in [1.54, 1.807) is 19.1 Å². The number of hydrogen-bond acceptors (Lipinski definition) is 2. The molecule has 84 valence electrons. The van der Waals surface area contributed by atoms with Crippen LogP contribution in [0.3, 0.4) is 0 Å². The average molecular weight is 227 g/mol. The van der Waals surface area contributed by atoms with E-state index >= 15 is 0 Å². The Morgan fingerprint density at radius 2 is 1.88 bits per heavy atom. The first-order valence-electron chi connectivity index (χ1n) is 4.55. The average Bonchev–Trinajstić information content (AvgIpc) is 2.15. The first-order chi connectivity index (χ1) is 7.38. The molecule has 1 N–H and O–H groups in total. The molecule has 0 fully saturated rings. The molecule has 0 atom stereocenters. The highest BCUT2D eigenvalue weighted by Gasteiger charge is 2.33. The van der Waals surface area contributed by atoms with Crippen molar-refractivity contribution in [2.75, 3.05) is 0 Å². The van der Waals surface area contributed by atoms with Crippen molar-refractivity contribution in [2.24, 2.45) is 0 Å². The zero-order valence-corrected chi connectivity index (χ0v) is 8.34. The molecule has 0 unspecified atom stereocenters. The minimum Gasteiger partial charge on any atom is -0.507 e. The van der Waals surface area contributed by atoms with Crippen LogP contribution in [0.4, 0.5) is 13.2 Å². The smallest absolute Gasteiger partial charge is 0.433 e. The van der Waals surface area contributed by atoms with Gasteiger partial charge in [-0.2, -0.15) is 13.2 Å². The van der Waals surface area contributed by atoms with E-state index in [4.69, 9.17) is 0 Å². The first-order valence-corrected chi connectivity index (χ1v) is 4.55. The summed E-state index contributed by atoms with van der Waals surface area (Å²) in [6.07, 6.45) is -4.55. The third-order valence-corrected chi connectivity index (χ3v) is 2.23. The number of alkyl halides is 3. The van der Waals surface area contributed by atoms with Crippen molar-refractivity contribution >= 4 is 10.9 Å². The van der Waals surface area contributed by atoms with Crippen LogP contribution < -0.4 is 0 Å². The van der Waals surface area contributed by atoms with Crippen LogP contribution in [-0.2, 0) is 6.18 Å². The summed E-state index contributed by atoms with van der Waals surface area (Å²) in [4.78, 5) is 3.48. The molecule has 16 heavy (non-hydrogen) atoms. The van der Waals surface area contributed by atoms with Gasteiger partial charge in [-0.25, -0.2) is 4.98 Å². The number of aromatic hydroxyl groups is 1. The summed E-state index contributed by atoms with van der Waals surface area (Å²) in [6.45, 7) is 1.75. The third-order valence-electron chi connectivity index (χ3n) is 2.23. The molecule has 0 aliphatic rings. The Balaban J connectivity index is 2.75. The fraction of sp³-hybridized carbons (Fsp3) is 0.182. The minimum atomic E-state index is -4.55. The molecule has 0 spiro atoms. The topological polar surface area (TPSA) is 33.1 Å². The minimum absolute atomic E-state index is 0.146. The van der Waals surface area contributed by atoms with Crippen LogP contribution in [0.15, 0.2) is 24.3 Å². The molecule has 0 amide bonds. The quantitative estimate of drug-likeness (QED) is 0.749. The molecular weight excluding hydrogens is 219 g/mol. The van der Waals surface area contributed by atoms with E-state index in [2.05, 4.69) is 4.98 Å². The number of aromatic nitrogens is 1. The van der Waals surface area contributed by atoms with Crippen molar-refractivity contribution in [3.8, 4) is 5.75 Å². The summed E-state index contributed by atoms with van der Waals surface area (Å²) in [5.41, 5.74) is -0.144. The summed E-state index contributed by atoms with van der Waals surface area (Å²) < 4.78 is 37.3. The van der Waals surface area contributed by atoms with Crippen LogP contribution >= 0.6 is 0 Å². The van der Waals surface area contributed by atoms with Crippen LogP contribution in [0.5, 0.6) is 5.75 Å². The molecule has 0 bridgehead atoms. The van der Waals surface area contributed by atoms with Crippen molar-refractivity contribution in [2.45, 2.75) is 13.1 Å². The normalized spacial score (nSPS) is 12.0. The maximum Gasteiger partial charge on any atom is 0.433 e. The molecule has 1 aromatic heterocycles. The highest BCUT2D eigenvalue weighted by molar-refractivity contribution is 5.85. The predicted molar refractivity (Wildman–Crippen MR) is 53.1 cm³/mol. The van der Waals surface area contributed by atoms with Crippen molar-refractivity contribution in [1.29, 1.82) is 0 Å². The van der Waals surface area contributed by atoms with Crippen LogP contribution in [-0.4, -0.2) is 10.1 Å². The number of pyridine rings is 1. The van der Waals surface area contributed by atoms with Crippen LogP contribution in [0, 0.1) is 6.92 Å². The van der Waals surface area contributed by atoms with Gasteiger partial charge in [-0.1, -0.05) is 6.07 Å². The lowest BCUT2D eigenvalue weighted by atomic mass is 10.1. The van der Waals surface area contributed by atoms with Crippen molar-refractivity contribution < 1.29 is 18.3 Å². The summed E-state index contributed by atoms with van der Waals surface area (Å²) in [7, 11) is 0. The first kappa shape index (κ1) is 10.7. The SMILES string of the molecule is Cc1ccc2c(O)cc(C(F)(F)F)nc2c1. The molecule has 2 aromatic rings. The molecule has 5 heteroatoms. The van der Waals surface area contributed by atoms with Gasteiger partial charge < -0.3 is 5.11 Å². The highest BCUT2D eigenvalue weighted by Crippen LogP contribution is 2.33. The van der Waals surface area contributed by atoms with E-state index in [9.17, 15) is 18.3 Å². The fourth-order valence-electron chi connectivity index (χ4n) is 1.47. The number of hydrogen-bond donors (Lipinski definition) is 1. The fourth-order valence-corrected chi connectivity index (χ4v) is 1.47. The van der Waals surface area contributed by atoms with Gasteiger partial charge in [0.1, 0.15) is 11.4 Å². The largest absolute Gasteiger partial charge is 0.507 e. The highest BCUT2D eigenvalue weighted by atomic mass is 19.4. The van der Waals surface area contributed by atoms with Gasteiger partial charge in [0.05, 0.1) is 5.52 Å². The second-order valence-electron chi connectivity index (χ2n) is 3.54. The molecule has 0 aliphatic carbocycles. The Morgan fingerprint density at radius 3 is 2.50 bits per heavy atom. The van der Waals surface area contributed by atoms with Gasteiger partial charge in [0.2, 0.25) is 0 Å². The molecule has 2 nitrogen and oxygen atoms in total. The molecule has 0 radical (unpaired) electrons. The standard InChI is InChI=1S/C11H8F3NO/c1-6-2-3-7-8(4-6)15-10(5-9(7)16)11(12,13)14/h2-5H,1H3,(H,15,16). The zero-order valence-electron chi connectivity index (χ0n) is 8.34.